The summed E-state index contributed by atoms with van der Waals surface area (Å²) in [6.45, 7) is 5.67. The lowest BCUT2D eigenvalue weighted by Gasteiger charge is -2.11. The van der Waals surface area contributed by atoms with Crippen LogP contribution in [0, 0.1) is 20.8 Å². The minimum absolute atomic E-state index is 0.232. The van der Waals surface area contributed by atoms with E-state index in [1.807, 2.05) is 24.5 Å². The molecule has 4 rings (SSSR count). The van der Waals surface area contributed by atoms with Crippen LogP contribution >= 0.6 is 11.3 Å². The summed E-state index contributed by atoms with van der Waals surface area (Å²) in [5.74, 6) is -1.85. The Bertz CT molecular complexity index is 1230. The maximum absolute atomic E-state index is 12.1. The maximum atomic E-state index is 12.1. The van der Waals surface area contributed by atoms with Crippen molar-refractivity contribution in [3.63, 3.8) is 0 Å². The number of thiophene rings is 1. The van der Waals surface area contributed by atoms with E-state index >= 15 is 0 Å². The third kappa shape index (κ3) is 3.70. The maximum Gasteiger partial charge on any atom is 0.339 e. The number of carboxylic acid groups (broad SMARTS) is 2. The topological polar surface area (TPSA) is 91.9 Å². The quantitative estimate of drug-likeness (QED) is 0.517. The molecule has 0 unspecified atom stereocenters. The molecule has 0 spiro atoms. The zero-order valence-corrected chi connectivity index (χ0v) is 18.5. The Kier molecular flexibility index (Phi) is 5.54. The van der Waals surface area contributed by atoms with E-state index in [-0.39, 0.29) is 5.56 Å². The zero-order chi connectivity index (χ0) is 22.3. The summed E-state index contributed by atoms with van der Waals surface area (Å²) in [4.78, 5) is 29.2. The lowest BCUT2D eigenvalue weighted by molar-refractivity contribution is 0.0685. The fraction of sp³-hybridized carbons (Fsp3) is 0.292. The summed E-state index contributed by atoms with van der Waals surface area (Å²) in [7, 11) is 0. The third-order valence-corrected chi connectivity index (χ3v) is 7.20. The molecule has 1 aromatic carbocycles. The molecule has 0 radical (unpaired) electrons. The van der Waals surface area contributed by atoms with E-state index in [9.17, 15) is 19.8 Å². The highest BCUT2D eigenvalue weighted by atomic mass is 32.1. The number of carbonyl (C=O) groups is 2. The van der Waals surface area contributed by atoms with E-state index in [2.05, 4.69) is 4.99 Å². The molecule has 2 heterocycles. The molecule has 0 atom stereocenters. The Morgan fingerprint density at radius 3 is 2.55 bits per heavy atom. The summed E-state index contributed by atoms with van der Waals surface area (Å²) < 4.78 is 2.01. The molecule has 7 heteroatoms. The second kappa shape index (κ2) is 8.15. The first kappa shape index (κ1) is 21.1. The van der Waals surface area contributed by atoms with Gasteiger partial charge in [0.2, 0.25) is 0 Å². The largest absolute Gasteiger partial charge is 0.478 e. The van der Waals surface area contributed by atoms with Crippen LogP contribution in [0.4, 0.5) is 5.69 Å². The normalized spacial score (nSPS) is 13.5. The molecular formula is C24H24N2O4S. The first-order chi connectivity index (χ1) is 14.8. The lowest BCUT2D eigenvalue weighted by Crippen LogP contribution is -2.09. The van der Waals surface area contributed by atoms with Crippen molar-refractivity contribution in [2.75, 3.05) is 0 Å². The summed E-state index contributed by atoms with van der Waals surface area (Å²) in [6, 6.07) is 7.02. The fourth-order valence-electron chi connectivity index (χ4n) is 4.29. The molecule has 6 nitrogen and oxygen atoms in total. The number of nitrogens with zero attached hydrogens (tertiary/aromatic N) is 2. The van der Waals surface area contributed by atoms with Crippen LogP contribution in [0.15, 0.2) is 29.3 Å². The van der Waals surface area contributed by atoms with Gasteiger partial charge in [0, 0.05) is 28.0 Å². The first-order valence-electron chi connectivity index (χ1n) is 10.2. The van der Waals surface area contributed by atoms with Gasteiger partial charge in [-0.2, -0.15) is 0 Å². The summed E-state index contributed by atoms with van der Waals surface area (Å²) in [5.41, 5.74) is 5.58. The van der Waals surface area contributed by atoms with Crippen molar-refractivity contribution in [2.24, 2.45) is 4.99 Å². The van der Waals surface area contributed by atoms with Gasteiger partial charge in [-0.05, 0) is 75.8 Å². The molecule has 0 aliphatic heterocycles. The highest BCUT2D eigenvalue weighted by molar-refractivity contribution is 7.15. The van der Waals surface area contributed by atoms with Crippen LogP contribution in [-0.2, 0) is 12.8 Å². The molecule has 0 saturated carbocycles. The number of aryl methyl sites for hydroxylation is 2. The molecule has 31 heavy (non-hydrogen) atoms. The van der Waals surface area contributed by atoms with Crippen LogP contribution in [0.1, 0.15) is 66.5 Å². The smallest absolute Gasteiger partial charge is 0.339 e. The molecule has 0 fully saturated rings. The predicted molar refractivity (Wildman–Crippen MR) is 122 cm³/mol. The molecule has 0 saturated heterocycles. The van der Waals surface area contributed by atoms with Crippen molar-refractivity contribution in [3.05, 3.63) is 68.3 Å². The van der Waals surface area contributed by atoms with Crippen LogP contribution in [-0.4, -0.2) is 32.9 Å². The minimum Gasteiger partial charge on any atom is -0.478 e. The van der Waals surface area contributed by atoms with Crippen molar-refractivity contribution in [2.45, 2.75) is 46.5 Å². The van der Waals surface area contributed by atoms with Crippen LogP contribution in [0.3, 0.4) is 0 Å². The Morgan fingerprint density at radius 1 is 1.10 bits per heavy atom. The number of hydrogen-bond acceptors (Lipinski definition) is 4. The molecule has 0 amide bonds. The first-order valence-corrected chi connectivity index (χ1v) is 11.0. The van der Waals surface area contributed by atoms with Crippen molar-refractivity contribution in [1.82, 2.24) is 4.57 Å². The van der Waals surface area contributed by atoms with Crippen LogP contribution in [0.2, 0.25) is 0 Å². The number of aromatic nitrogens is 1. The van der Waals surface area contributed by atoms with Gasteiger partial charge in [-0.3, -0.25) is 4.99 Å². The van der Waals surface area contributed by atoms with Gasteiger partial charge in [0.1, 0.15) is 5.00 Å². The Hall–Kier alpha value is -3.19. The number of aromatic carboxylic acids is 2. The van der Waals surface area contributed by atoms with Gasteiger partial charge in [0.15, 0.2) is 0 Å². The lowest BCUT2D eigenvalue weighted by atomic mass is 9.95. The van der Waals surface area contributed by atoms with E-state index < -0.39 is 11.9 Å². The molecular weight excluding hydrogens is 412 g/mol. The summed E-state index contributed by atoms with van der Waals surface area (Å²) in [6.07, 6.45) is 5.61. The van der Waals surface area contributed by atoms with E-state index in [1.54, 1.807) is 42.7 Å². The Labute approximate surface area is 184 Å². The number of fused-ring (bicyclic) bond motifs is 1. The zero-order valence-electron chi connectivity index (χ0n) is 17.7. The molecule has 0 bridgehead atoms. The second-order valence-electron chi connectivity index (χ2n) is 7.87. The SMILES string of the molecule is Cc1c(N=Cc2cc(C)n(-c3sc4c(c3C(=O)O)CCCC4)c2C)cccc1C(=O)O. The highest BCUT2D eigenvalue weighted by Gasteiger charge is 2.27. The van der Waals surface area contributed by atoms with Gasteiger partial charge in [0.05, 0.1) is 16.8 Å². The van der Waals surface area contributed by atoms with Crippen molar-refractivity contribution in [3.8, 4) is 5.00 Å². The molecule has 2 aromatic heterocycles. The van der Waals surface area contributed by atoms with Crippen molar-refractivity contribution in [1.29, 1.82) is 0 Å². The average molecular weight is 437 g/mol. The van der Waals surface area contributed by atoms with Gasteiger partial charge in [-0.25, -0.2) is 9.59 Å². The number of hydrogen-bond donors (Lipinski definition) is 2. The van der Waals surface area contributed by atoms with Crippen LogP contribution < -0.4 is 0 Å². The van der Waals surface area contributed by atoms with Crippen LogP contribution in [0.25, 0.3) is 5.00 Å². The average Bonchev–Trinajstić information content (AvgIpc) is 3.23. The third-order valence-electron chi connectivity index (χ3n) is 5.92. The number of benzene rings is 1. The number of carboxylic acids is 2. The van der Waals surface area contributed by atoms with Crippen molar-refractivity contribution < 1.29 is 19.8 Å². The molecule has 3 aromatic rings. The van der Waals surface area contributed by atoms with Gasteiger partial charge in [-0.1, -0.05) is 6.07 Å². The minimum atomic E-state index is -0.976. The van der Waals surface area contributed by atoms with Gasteiger partial charge in [0.25, 0.3) is 0 Å². The van der Waals surface area contributed by atoms with E-state index in [0.29, 0.717) is 16.8 Å². The van der Waals surface area contributed by atoms with Crippen LogP contribution in [0.5, 0.6) is 0 Å². The van der Waals surface area contributed by atoms with E-state index in [4.69, 9.17) is 0 Å². The molecule has 1 aliphatic carbocycles. The predicted octanol–water partition coefficient (Wildman–Crippen LogP) is 5.49. The van der Waals surface area contributed by atoms with Gasteiger partial charge >= 0.3 is 11.9 Å². The Balaban J connectivity index is 1.77. The summed E-state index contributed by atoms with van der Waals surface area (Å²) >= 11 is 1.58. The number of aliphatic imine (C=N–C) groups is 1. The molecule has 2 N–H and O–H groups in total. The number of rotatable bonds is 5. The van der Waals surface area contributed by atoms with E-state index in [1.165, 1.54) is 4.88 Å². The van der Waals surface area contributed by atoms with Gasteiger partial charge in [-0.15, -0.1) is 11.3 Å². The van der Waals surface area contributed by atoms with E-state index in [0.717, 1.165) is 53.2 Å². The second-order valence-corrected chi connectivity index (χ2v) is 8.95. The fourth-order valence-corrected chi connectivity index (χ4v) is 5.79. The molecule has 1 aliphatic rings. The standard InChI is InChI=1S/C24H24N2O4S/c1-13-11-16(12-25-19-9-6-8-17(14(19)2)23(27)28)15(3)26(13)22-21(24(29)30)18-7-4-5-10-20(18)31-22/h6,8-9,11-12H,4-5,7,10H2,1-3H3,(H,27,28)(H,29,30). The van der Waals surface area contributed by atoms with Crippen molar-refractivity contribution >= 4 is 35.2 Å². The van der Waals surface area contributed by atoms with Gasteiger partial charge < -0.3 is 14.8 Å². The molecule has 160 valence electrons. The Morgan fingerprint density at radius 2 is 1.84 bits per heavy atom. The summed E-state index contributed by atoms with van der Waals surface area (Å²) in [5, 5.41) is 20.0. The monoisotopic (exact) mass is 436 g/mol. The highest BCUT2D eigenvalue weighted by Crippen LogP contribution is 2.38.